The average Bonchev–Trinajstić information content (AvgIpc) is 2.44. The van der Waals surface area contributed by atoms with Gasteiger partial charge in [-0.05, 0) is 18.6 Å². The van der Waals surface area contributed by atoms with Gasteiger partial charge in [-0.2, -0.15) is 0 Å². The van der Waals surface area contributed by atoms with Crippen molar-refractivity contribution in [2.45, 2.75) is 26.3 Å². The molecule has 0 atom stereocenters. The summed E-state index contributed by atoms with van der Waals surface area (Å²) < 4.78 is 1.35. The van der Waals surface area contributed by atoms with Gasteiger partial charge in [-0.3, -0.25) is 14.3 Å². The van der Waals surface area contributed by atoms with Crippen molar-refractivity contribution in [1.29, 1.82) is 0 Å². The van der Waals surface area contributed by atoms with Crippen LogP contribution in [-0.4, -0.2) is 28.3 Å². The number of aromatic nitrogens is 2. The second-order valence-electron chi connectivity index (χ2n) is 4.53. The Morgan fingerprint density at radius 1 is 1.57 bits per heavy atom. The van der Waals surface area contributed by atoms with Gasteiger partial charge in [0.25, 0.3) is 5.56 Å². The standard InChI is InChI=1S/C13H21N5O2S/c1-4-6-8-18-10(14)9(11(19)16-12(18)20)17(3)13(21)15-7-5-2/h5H,2,4,6-8,14H2,1,3H3,(H,15,21)(H,16,19,20). The van der Waals surface area contributed by atoms with Crippen molar-refractivity contribution >= 4 is 28.8 Å². The number of H-pyrrole nitrogens is 1. The molecule has 0 bridgehead atoms. The molecule has 0 aliphatic heterocycles. The Labute approximate surface area is 128 Å². The van der Waals surface area contributed by atoms with Crippen LogP contribution in [0, 0.1) is 0 Å². The molecule has 0 saturated heterocycles. The summed E-state index contributed by atoms with van der Waals surface area (Å²) in [5.41, 5.74) is 5.08. The van der Waals surface area contributed by atoms with Crippen LogP contribution < -0.4 is 27.2 Å². The fourth-order valence-corrected chi connectivity index (χ4v) is 1.99. The third-order valence-electron chi connectivity index (χ3n) is 2.99. The quantitative estimate of drug-likeness (QED) is 0.520. The summed E-state index contributed by atoms with van der Waals surface area (Å²) >= 11 is 5.18. The van der Waals surface area contributed by atoms with E-state index in [4.69, 9.17) is 18.0 Å². The zero-order chi connectivity index (χ0) is 16.0. The number of thiocarbonyl (C=S) groups is 1. The van der Waals surface area contributed by atoms with Gasteiger partial charge in [-0.15, -0.1) is 6.58 Å². The second kappa shape index (κ2) is 7.63. The number of nitrogen functional groups attached to an aromatic ring is 1. The first kappa shape index (κ1) is 17.0. The second-order valence-corrected chi connectivity index (χ2v) is 4.92. The van der Waals surface area contributed by atoms with E-state index < -0.39 is 11.2 Å². The molecule has 0 spiro atoms. The highest BCUT2D eigenvalue weighted by atomic mass is 32.1. The molecule has 4 N–H and O–H groups in total. The van der Waals surface area contributed by atoms with E-state index in [2.05, 4.69) is 16.9 Å². The molecule has 21 heavy (non-hydrogen) atoms. The van der Waals surface area contributed by atoms with Crippen molar-refractivity contribution in [3.8, 4) is 0 Å². The minimum atomic E-state index is -0.560. The Hall–Kier alpha value is -2.09. The predicted octanol–water partition coefficient (Wildman–Crippen LogP) is 0.416. The maximum atomic E-state index is 12.0. The first-order chi connectivity index (χ1) is 9.93. The van der Waals surface area contributed by atoms with Gasteiger partial charge in [0, 0.05) is 20.1 Å². The molecule has 0 aromatic carbocycles. The lowest BCUT2D eigenvalue weighted by Gasteiger charge is -2.22. The van der Waals surface area contributed by atoms with E-state index in [-0.39, 0.29) is 11.5 Å². The van der Waals surface area contributed by atoms with E-state index in [1.165, 1.54) is 9.47 Å². The molecular formula is C13H21N5O2S. The van der Waals surface area contributed by atoms with Crippen molar-refractivity contribution in [1.82, 2.24) is 14.9 Å². The monoisotopic (exact) mass is 311 g/mol. The molecular weight excluding hydrogens is 290 g/mol. The third-order valence-corrected chi connectivity index (χ3v) is 3.41. The molecule has 1 aromatic heterocycles. The Morgan fingerprint density at radius 3 is 2.81 bits per heavy atom. The smallest absolute Gasteiger partial charge is 0.330 e. The predicted molar refractivity (Wildman–Crippen MR) is 89.8 cm³/mol. The van der Waals surface area contributed by atoms with Crippen LogP contribution in [0.3, 0.4) is 0 Å². The van der Waals surface area contributed by atoms with E-state index in [0.29, 0.717) is 18.2 Å². The lowest BCUT2D eigenvalue weighted by Crippen LogP contribution is -2.43. The number of aromatic amines is 1. The molecule has 0 fully saturated rings. The molecule has 8 heteroatoms. The number of anilines is 2. The number of rotatable bonds is 6. The highest BCUT2D eigenvalue weighted by Crippen LogP contribution is 2.15. The van der Waals surface area contributed by atoms with Gasteiger partial charge in [0.05, 0.1) is 0 Å². The highest BCUT2D eigenvalue weighted by Gasteiger charge is 2.18. The lowest BCUT2D eigenvalue weighted by molar-refractivity contribution is 0.605. The first-order valence-electron chi connectivity index (χ1n) is 6.69. The Balaban J connectivity index is 3.23. The third kappa shape index (κ3) is 3.94. The molecule has 0 aliphatic carbocycles. The molecule has 0 radical (unpaired) electrons. The van der Waals surface area contributed by atoms with Gasteiger partial charge in [0.1, 0.15) is 11.5 Å². The normalized spacial score (nSPS) is 10.2. The van der Waals surface area contributed by atoms with Crippen LogP contribution in [0.2, 0.25) is 0 Å². The van der Waals surface area contributed by atoms with Crippen molar-refractivity contribution in [3.05, 3.63) is 33.5 Å². The molecule has 1 rings (SSSR count). The zero-order valence-electron chi connectivity index (χ0n) is 12.3. The van der Waals surface area contributed by atoms with E-state index in [1.54, 1.807) is 13.1 Å². The fraction of sp³-hybridized carbons (Fsp3) is 0.462. The highest BCUT2D eigenvalue weighted by molar-refractivity contribution is 7.80. The summed E-state index contributed by atoms with van der Waals surface area (Å²) in [4.78, 5) is 27.6. The molecule has 0 unspecified atom stereocenters. The molecule has 0 amide bonds. The summed E-state index contributed by atoms with van der Waals surface area (Å²) in [6, 6.07) is 0. The van der Waals surface area contributed by atoms with E-state index in [1.807, 2.05) is 6.92 Å². The van der Waals surface area contributed by atoms with Gasteiger partial charge in [-0.1, -0.05) is 19.4 Å². The number of nitrogens with one attached hydrogen (secondary N) is 2. The van der Waals surface area contributed by atoms with E-state index in [0.717, 1.165) is 12.8 Å². The van der Waals surface area contributed by atoms with Crippen LogP contribution in [0.15, 0.2) is 22.2 Å². The largest absolute Gasteiger partial charge is 0.383 e. The van der Waals surface area contributed by atoms with Crippen molar-refractivity contribution < 1.29 is 0 Å². The van der Waals surface area contributed by atoms with Gasteiger partial charge in [-0.25, -0.2) is 4.79 Å². The molecule has 1 aromatic rings. The summed E-state index contributed by atoms with van der Waals surface area (Å²) in [6.45, 7) is 6.51. The Morgan fingerprint density at radius 2 is 2.24 bits per heavy atom. The van der Waals surface area contributed by atoms with Crippen LogP contribution in [0.25, 0.3) is 0 Å². The van der Waals surface area contributed by atoms with Crippen LogP contribution >= 0.6 is 12.2 Å². The van der Waals surface area contributed by atoms with Crippen LogP contribution in [0.4, 0.5) is 11.5 Å². The SMILES string of the molecule is C=CCNC(=S)N(C)c1c(N)n(CCCC)c(=O)[nH]c1=O. The maximum absolute atomic E-state index is 12.0. The summed E-state index contributed by atoms with van der Waals surface area (Å²) in [6.07, 6.45) is 3.35. The minimum absolute atomic E-state index is 0.113. The number of unbranched alkanes of at least 4 members (excludes halogenated alkanes) is 1. The van der Waals surface area contributed by atoms with Crippen LogP contribution in [0.5, 0.6) is 0 Å². The number of hydrogen-bond acceptors (Lipinski definition) is 4. The first-order valence-corrected chi connectivity index (χ1v) is 7.09. The molecule has 0 saturated carbocycles. The maximum Gasteiger partial charge on any atom is 0.330 e. The summed E-state index contributed by atoms with van der Waals surface area (Å²) in [7, 11) is 1.62. The lowest BCUT2D eigenvalue weighted by atomic mass is 10.3. The minimum Gasteiger partial charge on any atom is -0.383 e. The average molecular weight is 311 g/mol. The molecule has 7 nitrogen and oxygen atoms in total. The molecule has 0 aliphatic rings. The summed E-state index contributed by atoms with van der Waals surface area (Å²) in [5, 5.41) is 3.23. The number of hydrogen-bond donors (Lipinski definition) is 3. The van der Waals surface area contributed by atoms with Gasteiger partial charge in [0.2, 0.25) is 0 Å². The van der Waals surface area contributed by atoms with Crippen molar-refractivity contribution in [2.75, 3.05) is 24.2 Å². The Bertz CT molecular complexity index is 634. The van der Waals surface area contributed by atoms with Crippen molar-refractivity contribution in [2.24, 2.45) is 0 Å². The zero-order valence-corrected chi connectivity index (χ0v) is 13.1. The van der Waals surface area contributed by atoms with Crippen molar-refractivity contribution in [3.63, 3.8) is 0 Å². The molecule has 1 heterocycles. The van der Waals surface area contributed by atoms with Gasteiger partial charge >= 0.3 is 5.69 Å². The molecule has 116 valence electrons. The Kier molecular flexibility index (Phi) is 6.16. The number of nitrogens with two attached hydrogens (primary N) is 1. The fourth-order valence-electron chi connectivity index (χ4n) is 1.82. The van der Waals surface area contributed by atoms with E-state index in [9.17, 15) is 9.59 Å². The van der Waals surface area contributed by atoms with Crippen LogP contribution in [0.1, 0.15) is 19.8 Å². The topological polar surface area (TPSA) is 96.2 Å². The van der Waals surface area contributed by atoms with Gasteiger partial charge in [0.15, 0.2) is 5.11 Å². The summed E-state index contributed by atoms with van der Waals surface area (Å²) in [5.74, 6) is 0.113. The number of nitrogens with zero attached hydrogens (tertiary/aromatic N) is 2. The van der Waals surface area contributed by atoms with Gasteiger partial charge < -0.3 is 16.0 Å². The van der Waals surface area contributed by atoms with E-state index >= 15 is 0 Å². The van der Waals surface area contributed by atoms with Crippen LogP contribution in [-0.2, 0) is 6.54 Å².